The SMILES string of the molecule is CCc1nc(NC(CC)CO)c2c(C)c(C)sc2n1. The van der Waals surface area contributed by atoms with E-state index in [2.05, 4.69) is 43.0 Å². The summed E-state index contributed by atoms with van der Waals surface area (Å²) in [5.41, 5.74) is 1.23. The molecule has 0 saturated carbocycles. The molecule has 2 aromatic heterocycles. The monoisotopic (exact) mass is 279 g/mol. The summed E-state index contributed by atoms with van der Waals surface area (Å²) >= 11 is 1.71. The van der Waals surface area contributed by atoms with Gasteiger partial charge in [-0.25, -0.2) is 9.97 Å². The molecule has 0 saturated heterocycles. The predicted molar refractivity (Wildman–Crippen MR) is 81.1 cm³/mol. The number of aliphatic hydroxyl groups is 1. The van der Waals surface area contributed by atoms with E-state index in [1.807, 2.05) is 0 Å². The quantitative estimate of drug-likeness (QED) is 0.883. The van der Waals surface area contributed by atoms with E-state index in [0.717, 1.165) is 34.7 Å². The van der Waals surface area contributed by atoms with Crippen molar-refractivity contribution in [3.63, 3.8) is 0 Å². The Hall–Kier alpha value is -1.20. The molecule has 0 radical (unpaired) electrons. The van der Waals surface area contributed by atoms with Gasteiger partial charge in [-0.2, -0.15) is 0 Å². The van der Waals surface area contributed by atoms with Crippen molar-refractivity contribution in [2.45, 2.75) is 46.6 Å². The van der Waals surface area contributed by atoms with Gasteiger partial charge in [0.1, 0.15) is 16.5 Å². The molecule has 0 bridgehead atoms. The number of fused-ring (bicyclic) bond motifs is 1. The second-order valence-electron chi connectivity index (χ2n) is 4.74. The van der Waals surface area contributed by atoms with Crippen molar-refractivity contribution < 1.29 is 5.11 Å². The van der Waals surface area contributed by atoms with Crippen LogP contribution < -0.4 is 5.32 Å². The van der Waals surface area contributed by atoms with Crippen LogP contribution in [0.5, 0.6) is 0 Å². The van der Waals surface area contributed by atoms with Crippen LogP contribution in [-0.2, 0) is 6.42 Å². The zero-order valence-corrected chi connectivity index (χ0v) is 12.8. The van der Waals surface area contributed by atoms with Crippen LogP contribution in [0.1, 0.15) is 36.5 Å². The van der Waals surface area contributed by atoms with Crippen molar-refractivity contribution in [2.24, 2.45) is 0 Å². The van der Waals surface area contributed by atoms with Gasteiger partial charge in [0.05, 0.1) is 18.0 Å². The van der Waals surface area contributed by atoms with Crippen molar-refractivity contribution in [2.75, 3.05) is 11.9 Å². The molecule has 2 heterocycles. The summed E-state index contributed by atoms with van der Waals surface area (Å²) in [5.74, 6) is 1.72. The number of aliphatic hydroxyl groups excluding tert-OH is 1. The van der Waals surface area contributed by atoms with Gasteiger partial charge in [0.15, 0.2) is 0 Å². The fourth-order valence-corrected chi connectivity index (χ4v) is 3.07. The van der Waals surface area contributed by atoms with Crippen molar-refractivity contribution in [3.8, 4) is 0 Å². The maximum absolute atomic E-state index is 9.36. The number of hydrogen-bond acceptors (Lipinski definition) is 5. The molecule has 4 nitrogen and oxygen atoms in total. The molecule has 2 N–H and O–H groups in total. The number of aryl methyl sites for hydroxylation is 3. The van der Waals surface area contributed by atoms with E-state index in [9.17, 15) is 5.11 Å². The van der Waals surface area contributed by atoms with Crippen LogP contribution in [0.3, 0.4) is 0 Å². The van der Waals surface area contributed by atoms with Crippen molar-refractivity contribution in [1.29, 1.82) is 0 Å². The van der Waals surface area contributed by atoms with Gasteiger partial charge >= 0.3 is 0 Å². The van der Waals surface area contributed by atoms with Crippen LogP contribution in [0.2, 0.25) is 0 Å². The molecule has 2 aromatic rings. The summed E-state index contributed by atoms with van der Waals surface area (Å²) in [6, 6.07) is 0.0439. The summed E-state index contributed by atoms with van der Waals surface area (Å²) < 4.78 is 0. The topological polar surface area (TPSA) is 58.0 Å². The average Bonchev–Trinajstić information content (AvgIpc) is 2.71. The normalized spacial score (nSPS) is 12.9. The molecule has 0 aliphatic rings. The third-order valence-corrected chi connectivity index (χ3v) is 4.55. The van der Waals surface area contributed by atoms with E-state index in [1.165, 1.54) is 10.4 Å². The van der Waals surface area contributed by atoms with Gasteiger partial charge in [0.25, 0.3) is 0 Å². The number of nitrogens with one attached hydrogen (secondary N) is 1. The number of anilines is 1. The fourth-order valence-electron chi connectivity index (χ4n) is 2.03. The second kappa shape index (κ2) is 5.84. The lowest BCUT2D eigenvalue weighted by atomic mass is 10.2. The molecule has 1 atom stereocenters. The zero-order chi connectivity index (χ0) is 14.0. The van der Waals surface area contributed by atoms with Gasteiger partial charge in [0, 0.05) is 11.3 Å². The molecule has 0 aliphatic heterocycles. The first-order chi connectivity index (χ1) is 9.10. The molecule has 0 aliphatic carbocycles. The van der Waals surface area contributed by atoms with E-state index < -0.39 is 0 Å². The van der Waals surface area contributed by atoms with Crippen molar-refractivity contribution in [3.05, 3.63) is 16.3 Å². The molecule has 19 heavy (non-hydrogen) atoms. The summed E-state index contributed by atoms with van der Waals surface area (Å²) in [5, 5.41) is 13.8. The maximum Gasteiger partial charge on any atom is 0.139 e. The molecule has 0 spiro atoms. The molecule has 2 rings (SSSR count). The van der Waals surface area contributed by atoms with Crippen LogP contribution in [0, 0.1) is 13.8 Å². The number of aromatic nitrogens is 2. The first-order valence-corrected chi connectivity index (χ1v) is 7.56. The highest BCUT2D eigenvalue weighted by molar-refractivity contribution is 7.18. The average molecular weight is 279 g/mol. The Morgan fingerprint density at radius 3 is 2.58 bits per heavy atom. The van der Waals surface area contributed by atoms with E-state index in [0.29, 0.717) is 0 Å². The van der Waals surface area contributed by atoms with Gasteiger partial charge in [-0.3, -0.25) is 0 Å². The predicted octanol–water partition coefficient (Wildman–Crippen LogP) is 3.05. The Morgan fingerprint density at radius 1 is 1.26 bits per heavy atom. The third kappa shape index (κ3) is 2.72. The zero-order valence-electron chi connectivity index (χ0n) is 11.9. The molecule has 104 valence electrons. The summed E-state index contributed by atoms with van der Waals surface area (Å²) in [4.78, 5) is 11.5. The number of hydrogen-bond donors (Lipinski definition) is 2. The largest absolute Gasteiger partial charge is 0.394 e. The van der Waals surface area contributed by atoms with Crippen molar-refractivity contribution >= 4 is 27.4 Å². The Labute approximate surface area is 117 Å². The van der Waals surface area contributed by atoms with Crippen LogP contribution in [0.15, 0.2) is 0 Å². The van der Waals surface area contributed by atoms with Crippen molar-refractivity contribution in [1.82, 2.24) is 9.97 Å². The lowest BCUT2D eigenvalue weighted by Crippen LogP contribution is -2.23. The molecule has 5 heteroatoms. The minimum Gasteiger partial charge on any atom is -0.394 e. The van der Waals surface area contributed by atoms with E-state index >= 15 is 0 Å². The lowest BCUT2D eigenvalue weighted by Gasteiger charge is -2.16. The highest BCUT2D eigenvalue weighted by atomic mass is 32.1. The van der Waals surface area contributed by atoms with Gasteiger partial charge in [-0.05, 0) is 25.8 Å². The van der Waals surface area contributed by atoms with Crippen LogP contribution in [0.25, 0.3) is 10.2 Å². The lowest BCUT2D eigenvalue weighted by molar-refractivity contribution is 0.271. The molecular weight excluding hydrogens is 258 g/mol. The standard InChI is InChI=1S/C14H21N3OS/c1-5-10(7-18)15-13-12-8(3)9(4)19-14(12)17-11(6-2)16-13/h10,18H,5-7H2,1-4H3,(H,15,16,17). The van der Waals surface area contributed by atoms with Gasteiger partial charge in [0.2, 0.25) is 0 Å². The minimum atomic E-state index is 0.0439. The highest BCUT2D eigenvalue weighted by Gasteiger charge is 2.16. The summed E-state index contributed by atoms with van der Waals surface area (Å²) in [6.07, 6.45) is 1.68. The van der Waals surface area contributed by atoms with Gasteiger partial charge in [-0.1, -0.05) is 13.8 Å². The molecule has 0 fully saturated rings. The Morgan fingerprint density at radius 2 is 2.00 bits per heavy atom. The molecular formula is C14H21N3OS. The van der Waals surface area contributed by atoms with Crippen LogP contribution >= 0.6 is 11.3 Å². The highest BCUT2D eigenvalue weighted by Crippen LogP contribution is 2.33. The minimum absolute atomic E-state index is 0.0439. The Kier molecular flexibility index (Phi) is 4.37. The van der Waals surface area contributed by atoms with E-state index in [-0.39, 0.29) is 12.6 Å². The number of nitrogens with zero attached hydrogens (tertiary/aromatic N) is 2. The van der Waals surface area contributed by atoms with E-state index in [1.54, 1.807) is 11.3 Å². The third-order valence-electron chi connectivity index (χ3n) is 3.45. The molecule has 0 aromatic carbocycles. The van der Waals surface area contributed by atoms with Crippen LogP contribution in [0.4, 0.5) is 5.82 Å². The number of thiophene rings is 1. The van der Waals surface area contributed by atoms with Crippen LogP contribution in [-0.4, -0.2) is 27.7 Å². The number of rotatable bonds is 5. The first-order valence-electron chi connectivity index (χ1n) is 6.74. The fraction of sp³-hybridized carbons (Fsp3) is 0.571. The Bertz CT molecular complexity index is 576. The first kappa shape index (κ1) is 14.2. The maximum atomic E-state index is 9.36. The summed E-state index contributed by atoms with van der Waals surface area (Å²) in [6.45, 7) is 8.45. The molecule has 0 amide bonds. The van der Waals surface area contributed by atoms with E-state index in [4.69, 9.17) is 0 Å². The van der Waals surface area contributed by atoms with Gasteiger partial charge < -0.3 is 10.4 Å². The smallest absolute Gasteiger partial charge is 0.139 e. The molecule has 1 unspecified atom stereocenters. The van der Waals surface area contributed by atoms with Gasteiger partial charge in [-0.15, -0.1) is 11.3 Å². The Balaban J connectivity index is 2.55. The second-order valence-corrected chi connectivity index (χ2v) is 5.94. The summed E-state index contributed by atoms with van der Waals surface area (Å²) in [7, 11) is 0.